The molecule has 0 aromatic rings. The first kappa shape index (κ1) is 8.11. The first-order valence-corrected chi connectivity index (χ1v) is 2.59. The normalized spacial score (nSPS) is 12.0. The zero-order valence-corrected chi connectivity index (χ0v) is 4.92. The fraction of sp³-hybridized carbons (Fsp3) is 1.00. The Labute approximate surface area is 51.3 Å². The summed E-state index contributed by atoms with van der Waals surface area (Å²) in [6.45, 7) is -0.484. The summed E-state index contributed by atoms with van der Waals surface area (Å²) in [5.41, 5.74) is 0. The van der Waals surface area contributed by atoms with Crippen LogP contribution < -0.4 is 0 Å². The third kappa shape index (κ3) is 6.11. The highest BCUT2D eigenvalue weighted by atomic mass is 35.5. The van der Waals surface area contributed by atoms with Crippen LogP contribution in [0, 0.1) is 0 Å². The average molecular weight is 144 g/mol. The van der Waals surface area contributed by atoms with Gasteiger partial charge in [-0.3, -0.25) is 0 Å². The van der Waals surface area contributed by atoms with Gasteiger partial charge in [-0.2, -0.15) is 8.78 Å². The molecule has 0 saturated carbocycles. The van der Waals surface area contributed by atoms with Crippen LogP contribution in [0.2, 0.25) is 0 Å². The van der Waals surface area contributed by atoms with E-state index in [1.165, 1.54) is 0 Å². The standard InChI is InChI=1S/C4H6ClF2O/c5-4(6,7)2-1-3-8/h1-3H2. The summed E-state index contributed by atoms with van der Waals surface area (Å²) >= 11 is 4.44. The van der Waals surface area contributed by atoms with Gasteiger partial charge in [0.25, 0.3) is 0 Å². The predicted octanol–water partition coefficient (Wildman–Crippen LogP) is 2.03. The Hall–Kier alpha value is 0.110. The van der Waals surface area contributed by atoms with Crippen LogP contribution >= 0.6 is 11.6 Å². The second kappa shape index (κ2) is 3.20. The lowest BCUT2D eigenvalue weighted by atomic mass is 10.3. The van der Waals surface area contributed by atoms with Gasteiger partial charge < -0.3 is 0 Å². The molecule has 0 saturated heterocycles. The van der Waals surface area contributed by atoms with E-state index in [0.717, 1.165) is 0 Å². The van der Waals surface area contributed by atoms with Gasteiger partial charge in [-0.25, -0.2) is 5.11 Å². The molecule has 0 spiro atoms. The molecule has 0 bridgehead atoms. The number of hydrogen-bond donors (Lipinski definition) is 0. The second-order valence-corrected chi connectivity index (χ2v) is 1.98. The van der Waals surface area contributed by atoms with Crippen LogP contribution in [0.15, 0.2) is 0 Å². The van der Waals surface area contributed by atoms with Gasteiger partial charge in [0.1, 0.15) is 0 Å². The summed E-state index contributed by atoms with van der Waals surface area (Å²) in [6.07, 6.45) is -0.575. The maximum absolute atomic E-state index is 11.5. The van der Waals surface area contributed by atoms with Crippen LogP contribution in [0.1, 0.15) is 12.8 Å². The molecule has 8 heavy (non-hydrogen) atoms. The summed E-state index contributed by atoms with van der Waals surface area (Å²) < 4.78 is 23.1. The molecule has 0 N–H and O–H groups in total. The molecule has 0 aliphatic carbocycles. The first-order valence-electron chi connectivity index (χ1n) is 2.21. The van der Waals surface area contributed by atoms with Crippen LogP contribution in [0.4, 0.5) is 8.78 Å². The highest BCUT2D eigenvalue weighted by molar-refractivity contribution is 6.21. The van der Waals surface area contributed by atoms with Crippen LogP contribution in [-0.4, -0.2) is 12.0 Å². The van der Waals surface area contributed by atoms with Crippen molar-refractivity contribution >= 4 is 11.6 Å². The minimum absolute atomic E-state index is 0.0590. The topological polar surface area (TPSA) is 19.9 Å². The summed E-state index contributed by atoms with van der Waals surface area (Å²) in [6, 6.07) is 0. The van der Waals surface area contributed by atoms with Crippen LogP contribution in [0.5, 0.6) is 0 Å². The Morgan fingerprint density at radius 2 is 2.00 bits per heavy atom. The summed E-state index contributed by atoms with van der Waals surface area (Å²) in [4.78, 5) is 0. The Kier molecular flexibility index (Phi) is 3.24. The molecule has 0 amide bonds. The number of hydrogen-bond acceptors (Lipinski definition) is 0. The Balaban J connectivity index is 3.11. The molecule has 0 unspecified atom stereocenters. The average Bonchev–Trinajstić information content (AvgIpc) is 1.59. The lowest BCUT2D eigenvalue weighted by Gasteiger charge is -2.03. The summed E-state index contributed by atoms with van der Waals surface area (Å²) in [5, 5.41) is 6.41. The van der Waals surface area contributed by atoms with Crippen molar-refractivity contribution in [2.24, 2.45) is 0 Å². The van der Waals surface area contributed by atoms with Gasteiger partial charge in [0, 0.05) is 6.42 Å². The second-order valence-electron chi connectivity index (χ2n) is 1.42. The largest absolute Gasteiger partial charge is 0.321 e. The molecular weight excluding hydrogens is 137 g/mol. The molecule has 1 radical (unpaired) electrons. The van der Waals surface area contributed by atoms with Gasteiger partial charge in [0.2, 0.25) is 0 Å². The van der Waals surface area contributed by atoms with Crippen molar-refractivity contribution < 1.29 is 13.9 Å². The Morgan fingerprint density at radius 3 is 2.12 bits per heavy atom. The zero-order chi connectivity index (χ0) is 6.62. The Morgan fingerprint density at radius 1 is 1.50 bits per heavy atom. The Bertz CT molecular complexity index is 61.5. The molecule has 0 aromatic carbocycles. The smallest absolute Gasteiger partial charge is 0.237 e. The predicted molar refractivity (Wildman–Crippen MR) is 25.6 cm³/mol. The molecule has 0 aliphatic heterocycles. The molecule has 0 rings (SSSR count). The van der Waals surface area contributed by atoms with Gasteiger partial charge in [0.05, 0.1) is 6.61 Å². The number of rotatable bonds is 3. The van der Waals surface area contributed by atoms with E-state index in [-0.39, 0.29) is 6.42 Å². The van der Waals surface area contributed by atoms with Crippen molar-refractivity contribution in [1.29, 1.82) is 0 Å². The van der Waals surface area contributed by atoms with E-state index in [4.69, 9.17) is 0 Å². The third-order valence-electron chi connectivity index (χ3n) is 0.605. The van der Waals surface area contributed by atoms with Gasteiger partial charge in [-0.15, -0.1) is 0 Å². The van der Waals surface area contributed by atoms with E-state index >= 15 is 0 Å². The maximum atomic E-state index is 11.5. The lowest BCUT2D eigenvalue weighted by Crippen LogP contribution is -2.05. The van der Waals surface area contributed by atoms with Crippen LogP contribution in [0.3, 0.4) is 0 Å². The van der Waals surface area contributed by atoms with E-state index < -0.39 is 18.4 Å². The van der Waals surface area contributed by atoms with E-state index in [9.17, 15) is 13.9 Å². The van der Waals surface area contributed by atoms with Crippen molar-refractivity contribution in [2.75, 3.05) is 6.61 Å². The molecule has 49 valence electrons. The van der Waals surface area contributed by atoms with E-state index in [1.54, 1.807) is 0 Å². The minimum atomic E-state index is -3.18. The number of alkyl halides is 3. The molecule has 0 heterocycles. The van der Waals surface area contributed by atoms with Gasteiger partial charge in [-0.05, 0) is 18.0 Å². The monoisotopic (exact) mass is 143 g/mol. The number of halogens is 3. The summed E-state index contributed by atoms with van der Waals surface area (Å²) in [5.74, 6) is 0. The van der Waals surface area contributed by atoms with E-state index in [0.29, 0.717) is 0 Å². The zero-order valence-electron chi connectivity index (χ0n) is 4.16. The van der Waals surface area contributed by atoms with Crippen molar-refractivity contribution in [1.82, 2.24) is 0 Å². The van der Waals surface area contributed by atoms with Crippen molar-refractivity contribution in [3.63, 3.8) is 0 Å². The van der Waals surface area contributed by atoms with E-state index in [1.807, 2.05) is 0 Å². The molecule has 0 fully saturated rings. The minimum Gasteiger partial charge on any atom is -0.237 e. The molecule has 4 heteroatoms. The molecule has 1 nitrogen and oxygen atoms in total. The maximum Gasteiger partial charge on any atom is 0.321 e. The first-order chi connectivity index (χ1) is 3.56. The fourth-order valence-electron chi connectivity index (χ4n) is 0.273. The van der Waals surface area contributed by atoms with Gasteiger partial charge in [-0.1, -0.05) is 0 Å². The quantitative estimate of drug-likeness (QED) is 0.539. The van der Waals surface area contributed by atoms with Crippen molar-refractivity contribution in [2.45, 2.75) is 18.2 Å². The van der Waals surface area contributed by atoms with Gasteiger partial charge in [0.15, 0.2) is 0 Å². The highest BCUT2D eigenvalue weighted by Crippen LogP contribution is 2.24. The fourth-order valence-corrected chi connectivity index (χ4v) is 0.406. The lowest BCUT2D eigenvalue weighted by molar-refractivity contribution is 0.0694. The van der Waals surface area contributed by atoms with Crippen LogP contribution in [-0.2, 0) is 5.11 Å². The van der Waals surface area contributed by atoms with Crippen molar-refractivity contribution in [3.05, 3.63) is 0 Å². The summed E-state index contributed by atoms with van der Waals surface area (Å²) in [7, 11) is 0. The van der Waals surface area contributed by atoms with Gasteiger partial charge >= 0.3 is 5.38 Å². The molecule has 0 aromatic heterocycles. The van der Waals surface area contributed by atoms with E-state index in [2.05, 4.69) is 11.6 Å². The SMILES string of the molecule is [O]CCCC(F)(F)Cl. The highest BCUT2D eigenvalue weighted by Gasteiger charge is 2.22. The third-order valence-corrected chi connectivity index (χ3v) is 0.794. The molecule has 0 aliphatic rings. The van der Waals surface area contributed by atoms with Crippen LogP contribution in [0.25, 0.3) is 0 Å². The molecular formula is C4H6ClF2O. The molecule has 0 atom stereocenters. The van der Waals surface area contributed by atoms with Crippen molar-refractivity contribution in [3.8, 4) is 0 Å².